The van der Waals surface area contributed by atoms with E-state index in [1.54, 1.807) is 25.3 Å². The molecule has 0 saturated carbocycles. The average molecular weight is 369 g/mol. The first-order valence-electron chi connectivity index (χ1n) is 8.42. The largest absolute Gasteiger partial charge is 0.497 e. The standard InChI is InChI=1S/C19H20FN5O2/c1-26-15-6-8-16(9-7-15)27-11-10-21-19-24-18(13-23-25-19)22-12-14-4-2-3-5-17(14)20/h2-9,13H,10-12H2,1H3,(H2,21,22,24,25). The van der Waals surface area contributed by atoms with Gasteiger partial charge < -0.3 is 20.1 Å². The van der Waals surface area contributed by atoms with Crippen LogP contribution in [0.1, 0.15) is 5.56 Å². The van der Waals surface area contributed by atoms with E-state index in [1.165, 1.54) is 12.3 Å². The van der Waals surface area contributed by atoms with Gasteiger partial charge in [0.1, 0.15) is 23.9 Å². The fraction of sp³-hybridized carbons (Fsp3) is 0.211. The zero-order chi connectivity index (χ0) is 18.9. The van der Waals surface area contributed by atoms with E-state index in [1.807, 2.05) is 24.3 Å². The minimum absolute atomic E-state index is 0.263. The van der Waals surface area contributed by atoms with Crippen LogP contribution >= 0.6 is 0 Å². The van der Waals surface area contributed by atoms with Crippen LogP contribution in [0, 0.1) is 5.82 Å². The van der Waals surface area contributed by atoms with E-state index in [0.717, 1.165) is 11.5 Å². The monoisotopic (exact) mass is 369 g/mol. The van der Waals surface area contributed by atoms with Crippen molar-refractivity contribution < 1.29 is 13.9 Å². The van der Waals surface area contributed by atoms with Crippen molar-refractivity contribution in [3.63, 3.8) is 0 Å². The smallest absolute Gasteiger partial charge is 0.244 e. The van der Waals surface area contributed by atoms with E-state index in [0.29, 0.717) is 37.0 Å². The number of halogens is 1. The lowest BCUT2D eigenvalue weighted by Gasteiger charge is -2.09. The molecule has 0 aliphatic rings. The topological polar surface area (TPSA) is 81.2 Å². The Bertz CT molecular complexity index is 861. The maximum atomic E-state index is 13.6. The normalized spacial score (nSPS) is 10.3. The SMILES string of the molecule is COc1ccc(OCCNc2nncc(NCc3ccccc3F)n2)cc1. The lowest BCUT2D eigenvalue weighted by Crippen LogP contribution is -2.14. The van der Waals surface area contributed by atoms with Gasteiger partial charge in [0.25, 0.3) is 0 Å². The number of nitrogens with one attached hydrogen (secondary N) is 2. The van der Waals surface area contributed by atoms with Gasteiger partial charge >= 0.3 is 0 Å². The summed E-state index contributed by atoms with van der Waals surface area (Å²) in [4.78, 5) is 4.29. The second kappa shape index (κ2) is 9.33. The molecule has 2 N–H and O–H groups in total. The van der Waals surface area contributed by atoms with Gasteiger partial charge in [-0.3, -0.25) is 0 Å². The number of hydrogen-bond donors (Lipinski definition) is 2. The van der Waals surface area contributed by atoms with Gasteiger partial charge in [0, 0.05) is 12.1 Å². The number of anilines is 2. The van der Waals surface area contributed by atoms with E-state index in [2.05, 4.69) is 25.8 Å². The first-order chi connectivity index (χ1) is 13.2. The molecule has 0 radical (unpaired) electrons. The van der Waals surface area contributed by atoms with Crippen molar-refractivity contribution in [2.75, 3.05) is 30.9 Å². The van der Waals surface area contributed by atoms with Crippen molar-refractivity contribution in [3.8, 4) is 11.5 Å². The summed E-state index contributed by atoms with van der Waals surface area (Å²) in [7, 11) is 1.62. The molecular formula is C19H20FN5O2. The number of methoxy groups -OCH3 is 1. The van der Waals surface area contributed by atoms with Gasteiger partial charge in [0.05, 0.1) is 19.9 Å². The van der Waals surface area contributed by atoms with Gasteiger partial charge in [-0.2, -0.15) is 10.1 Å². The number of benzene rings is 2. The average Bonchev–Trinajstić information content (AvgIpc) is 2.71. The summed E-state index contributed by atoms with van der Waals surface area (Å²) in [5.41, 5.74) is 0.554. The highest BCUT2D eigenvalue weighted by Gasteiger charge is 2.03. The number of hydrogen-bond acceptors (Lipinski definition) is 7. The fourth-order valence-corrected chi connectivity index (χ4v) is 2.29. The maximum absolute atomic E-state index is 13.6. The predicted molar refractivity (Wildman–Crippen MR) is 101 cm³/mol. The molecule has 0 amide bonds. The number of ether oxygens (including phenoxy) is 2. The van der Waals surface area contributed by atoms with Crippen molar-refractivity contribution in [2.24, 2.45) is 0 Å². The number of nitrogens with zero attached hydrogens (tertiary/aromatic N) is 3. The van der Waals surface area contributed by atoms with Gasteiger partial charge in [-0.05, 0) is 30.3 Å². The van der Waals surface area contributed by atoms with Crippen LogP contribution in [0.3, 0.4) is 0 Å². The molecule has 0 aliphatic heterocycles. The highest BCUT2D eigenvalue weighted by Crippen LogP contribution is 2.16. The molecule has 0 spiro atoms. The van der Waals surface area contributed by atoms with Crippen molar-refractivity contribution in [1.29, 1.82) is 0 Å². The Morgan fingerprint density at radius 3 is 2.56 bits per heavy atom. The summed E-state index contributed by atoms with van der Waals surface area (Å²) in [6.45, 7) is 1.25. The Hall–Kier alpha value is -3.42. The molecule has 3 rings (SSSR count). The van der Waals surface area contributed by atoms with Crippen LogP contribution in [-0.4, -0.2) is 35.4 Å². The molecule has 0 unspecified atom stereocenters. The lowest BCUT2D eigenvalue weighted by atomic mass is 10.2. The van der Waals surface area contributed by atoms with Gasteiger partial charge in [-0.25, -0.2) is 4.39 Å². The molecule has 1 heterocycles. The van der Waals surface area contributed by atoms with Crippen LogP contribution in [-0.2, 0) is 6.54 Å². The Kier molecular flexibility index (Phi) is 6.35. The summed E-state index contributed by atoms with van der Waals surface area (Å²) < 4.78 is 24.4. The van der Waals surface area contributed by atoms with Crippen LogP contribution < -0.4 is 20.1 Å². The zero-order valence-electron chi connectivity index (χ0n) is 14.9. The highest BCUT2D eigenvalue weighted by atomic mass is 19.1. The van der Waals surface area contributed by atoms with E-state index in [-0.39, 0.29) is 5.82 Å². The molecule has 0 aliphatic carbocycles. The minimum Gasteiger partial charge on any atom is -0.497 e. The van der Waals surface area contributed by atoms with Crippen LogP contribution in [0.25, 0.3) is 0 Å². The molecule has 2 aromatic carbocycles. The maximum Gasteiger partial charge on any atom is 0.244 e. The van der Waals surface area contributed by atoms with Gasteiger partial charge in [-0.1, -0.05) is 18.2 Å². The molecule has 0 fully saturated rings. The Morgan fingerprint density at radius 2 is 1.78 bits per heavy atom. The van der Waals surface area contributed by atoms with Gasteiger partial charge in [0.2, 0.25) is 5.95 Å². The first-order valence-corrected chi connectivity index (χ1v) is 8.42. The molecule has 0 saturated heterocycles. The molecule has 1 aromatic heterocycles. The fourth-order valence-electron chi connectivity index (χ4n) is 2.29. The third kappa shape index (κ3) is 5.53. The lowest BCUT2D eigenvalue weighted by molar-refractivity contribution is 0.331. The van der Waals surface area contributed by atoms with E-state index in [9.17, 15) is 4.39 Å². The third-order valence-electron chi connectivity index (χ3n) is 3.69. The molecule has 140 valence electrons. The molecule has 7 nitrogen and oxygen atoms in total. The van der Waals surface area contributed by atoms with Gasteiger partial charge in [-0.15, -0.1) is 5.10 Å². The van der Waals surface area contributed by atoms with Crippen LogP contribution in [0.5, 0.6) is 11.5 Å². The van der Waals surface area contributed by atoms with Gasteiger partial charge in [0.15, 0.2) is 5.82 Å². The Balaban J connectivity index is 1.45. The van der Waals surface area contributed by atoms with E-state index >= 15 is 0 Å². The van der Waals surface area contributed by atoms with E-state index < -0.39 is 0 Å². The molecule has 8 heteroatoms. The second-order valence-electron chi connectivity index (χ2n) is 5.56. The summed E-state index contributed by atoms with van der Waals surface area (Å²) in [5, 5.41) is 13.9. The summed E-state index contributed by atoms with van der Waals surface area (Å²) in [5.74, 6) is 2.14. The molecule has 3 aromatic rings. The molecule has 0 atom stereocenters. The zero-order valence-corrected chi connectivity index (χ0v) is 14.9. The highest BCUT2D eigenvalue weighted by molar-refractivity contribution is 5.38. The minimum atomic E-state index is -0.263. The summed E-state index contributed by atoms with van der Waals surface area (Å²) >= 11 is 0. The van der Waals surface area contributed by atoms with Crippen molar-refractivity contribution in [2.45, 2.75) is 6.54 Å². The molecule has 27 heavy (non-hydrogen) atoms. The Morgan fingerprint density at radius 1 is 1.00 bits per heavy atom. The van der Waals surface area contributed by atoms with Crippen LogP contribution in [0.4, 0.5) is 16.2 Å². The predicted octanol–water partition coefficient (Wildman–Crippen LogP) is 3.12. The van der Waals surface area contributed by atoms with E-state index in [4.69, 9.17) is 9.47 Å². The Labute approximate surface area is 156 Å². The van der Waals surface area contributed by atoms with Crippen molar-refractivity contribution in [3.05, 3.63) is 66.1 Å². The first kappa shape index (κ1) is 18.4. The number of rotatable bonds is 9. The summed E-state index contributed by atoms with van der Waals surface area (Å²) in [6.07, 6.45) is 1.49. The molecular weight excluding hydrogens is 349 g/mol. The number of aromatic nitrogens is 3. The van der Waals surface area contributed by atoms with Crippen LogP contribution in [0.2, 0.25) is 0 Å². The quantitative estimate of drug-likeness (QED) is 0.561. The van der Waals surface area contributed by atoms with Crippen molar-refractivity contribution >= 4 is 11.8 Å². The second-order valence-corrected chi connectivity index (χ2v) is 5.56. The van der Waals surface area contributed by atoms with Crippen LogP contribution in [0.15, 0.2) is 54.7 Å². The third-order valence-corrected chi connectivity index (χ3v) is 3.69. The summed E-state index contributed by atoms with van der Waals surface area (Å²) in [6, 6.07) is 13.9. The molecule has 0 bridgehead atoms. The van der Waals surface area contributed by atoms with Crippen molar-refractivity contribution in [1.82, 2.24) is 15.2 Å².